The van der Waals surface area contributed by atoms with E-state index in [-0.39, 0.29) is 5.96 Å². The topological polar surface area (TPSA) is 79.4 Å². The van der Waals surface area contributed by atoms with Gasteiger partial charge < -0.3 is 16.0 Å². The number of rotatable bonds is 3. The normalized spacial score (nSPS) is 15.4. The Morgan fingerprint density at radius 1 is 1.04 bits per heavy atom. The van der Waals surface area contributed by atoms with Crippen LogP contribution in [0.2, 0.25) is 0 Å². The van der Waals surface area contributed by atoms with E-state index in [0.717, 1.165) is 30.2 Å². The van der Waals surface area contributed by atoms with Crippen LogP contribution in [0.1, 0.15) is 30.7 Å². The van der Waals surface area contributed by atoms with Crippen molar-refractivity contribution in [2.75, 3.05) is 23.3 Å². The van der Waals surface area contributed by atoms with Gasteiger partial charge in [-0.05, 0) is 63.4 Å². The molecule has 0 bridgehead atoms. The quantitative estimate of drug-likeness (QED) is 0.670. The summed E-state index contributed by atoms with van der Waals surface area (Å²) in [6.45, 7) is 6.11. The predicted molar refractivity (Wildman–Crippen MR) is 98.9 cm³/mol. The molecule has 0 amide bonds. The number of hydrogen-bond donors (Lipinski definition) is 2. The van der Waals surface area contributed by atoms with E-state index in [1.165, 1.54) is 24.9 Å². The molecular weight excluding hydrogens is 300 g/mol. The molecule has 1 aliphatic heterocycles. The van der Waals surface area contributed by atoms with Crippen molar-refractivity contribution < 1.29 is 0 Å². The molecule has 0 unspecified atom stereocenters. The van der Waals surface area contributed by atoms with Crippen LogP contribution in [0.5, 0.6) is 0 Å². The zero-order valence-electron chi connectivity index (χ0n) is 14.3. The number of guanidine groups is 1. The van der Waals surface area contributed by atoms with Crippen LogP contribution in [0.4, 0.5) is 17.3 Å². The monoisotopic (exact) mass is 324 g/mol. The molecule has 1 fully saturated rings. The summed E-state index contributed by atoms with van der Waals surface area (Å²) in [5, 5.41) is 3.09. The predicted octanol–water partition coefficient (Wildman–Crippen LogP) is 3.14. The van der Waals surface area contributed by atoms with Crippen LogP contribution in [-0.2, 0) is 0 Å². The molecule has 2 heterocycles. The second kappa shape index (κ2) is 7.29. The maximum Gasteiger partial charge on any atom is 0.253 e. The van der Waals surface area contributed by atoms with Gasteiger partial charge in [0.15, 0.2) is 0 Å². The second-order valence-electron chi connectivity index (χ2n) is 6.17. The molecule has 0 spiro atoms. The van der Waals surface area contributed by atoms with Crippen LogP contribution in [0.25, 0.3) is 0 Å². The van der Waals surface area contributed by atoms with Gasteiger partial charge in [0.2, 0.25) is 5.96 Å². The SMILES string of the molecule is Cc1cc(C)nc(N=C(N)Nc2ccc(N3CCCCC3)cc2)n1. The first kappa shape index (κ1) is 16.2. The highest BCUT2D eigenvalue weighted by atomic mass is 15.2. The first-order valence-electron chi connectivity index (χ1n) is 8.39. The summed E-state index contributed by atoms with van der Waals surface area (Å²) < 4.78 is 0. The van der Waals surface area contributed by atoms with Crippen LogP contribution >= 0.6 is 0 Å². The zero-order chi connectivity index (χ0) is 16.9. The van der Waals surface area contributed by atoms with Gasteiger partial charge in [0.05, 0.1) is 0 Å². The minimum Gasteiger partial charge on any atom is -0.372 e. The molecule has 2 aromatic rings. The van der Waals surface area contributed by atoms with Crippen molar-refractivity contribution in [3.8, 4) is 0 Å². The molecule has 1 aliphatic rings. The first-order chi connectivity index (χ1) is 11.6. The fourth-order valence-electron chi connectivity index (χ4n) is 2.95. The Bertz CT molecular complexity index is 697. The molecule has 3 rings (SSSR count). The molecule has 126 valence electrons. The van der Waals surface area contributed by atoms with E-state index in [1.807, 2.05) is 32.0 Å². The van der Waals surface area contributed by atoms with E-state index < -0.39 is 0 Å². The van der Waals surface area contributed by atoms with Crippen molar-refractivity contribution in [3.63, 3.8) is 0 Å². The third-order valence-electron chi connectivity index (χ3n) is 4.05. The molecule has 0 radical (unpaired) electrons. The number of hydrogen-bond acceptors (Lipinski definition) is 4. The molecule has 0 aliphatic carbocycles. The maximum absolute atomic E-state index is 5.97. The fraction of sp³-hybridized carbons (Fsp3) is 0.389. The Morgan fingerprint density at radius 3 is 2.29 bits per heavy atom. The van der Waals surface area contributed by atoms with Crippen molar-refractivity contribution in [1.29, 1.82) is 0 Å². The number of aromatic nitrogens is 2. The molecule has 0 saturated carbocycles. The summed E-state index contributed by atoms with van der Waals surface area (Å²) in [4.78, 5) is 15.2. The Balaban J connectivity index is 1.67. The van der Waals surface area contributed by atoms with E-state index >= 15 is 0 Å². The Morgan fingerprint density at radius 2 is 1.67 bits per heavy atom. The Labute approximate surface area is 142 Å². The van der Waals surface area contributed by atoms with Gasteiger partial charge in [-0.25, -0.2) is 9.97 Å². The van der Waals surface area contributed by atoms with Crippen LogP contribution in [0, 0.1) is 13.8 Å². The lowest BCUT2D eigenvalue weighted by Gasteiger charge is -2.28. The van der Waals surface area contributed by atoms with Gasteiger partial charge in [0.25, 0.3) is 5.95 Å². The summed E-state index contributed by atoms with van der Waals surface area (Å²) in [7, 11) is 0. The fourth-order valence-corrected chi connectivity index (χ4v) is 2.95. The molecule has 1 aromatic heterocycles. The lowest BCUT2D eigenvalue weighted by molar-refractivity contribution is 0.578. The van der Waals surface area contributed by atoms with Crippen molar-refractivity contribution in [2.24, 2.45) is 10.7 Å². The maximum atomic E-state index is 5.97. The minimum atomic E-state index is 0.283. The average molecular weight is 324 g/mol. The van der Waals surface area contributed by atoms with Crippen molar-refractivity contribution in [3.05, 3.63) is 41.7 Å². The number of aliphatic imine (C=N–C) groups is 1. The third kappa shape index (κ3) is 4.22. The zero-order valence-corrected chi connectivity index (χ0v) is 14.3. The van der Waals surface area contributed by atoms with E-state index in [9.17, 15) is 0 Å². The minimum absolute atomic E-state index is 0.283. The summed E-state index contributed by atoms with van der Waals surface area (Å²) in [5.41, 5.74) is 9.88. The lowest BCUT2D eigenvalue weighted by Crippen LogP contribution is -2.29. The molecule has 1 aromatic carbocycles. The highest BCUT2D eigenvalue weighted by molar-refractivity contribution is 5.93. The molecule has 1 saturated heterocycles. The van der Waals surface area contributed by atoms with Gasteiger partial charge in [0.1, 0.15) is 0 Å². The number of aryl methyl sites for hydroxylation is 2. The van der Waals surface area contributed by atoms with Gasteiger partial charge >= 0.3 is 0 Å². The van der Waals surface area contributed by atoms with Gasteiger partial charge in [-0.15, -0.1) is 0 Å². The molecule has 24 heavy (non-hydrogen) atoms. The molecule has 0 atom stereocenters. The number of benzene rings is 1. The lowest BCUT2D eigenvalue weighted by atomic mass is 10.1. The van der Waals surface area contributed by atoms with E-state index in [1.54, 1.807) is 0 Å². The average Bonchev–Trinajstić information content (AvgIpc) is 2.55. The van der Waals surface area contributed by atoms with E-state index in [4.69, 9.17) is 5.73 Å². The molecule has 6 nitrogen and oxygen atoms in total. The highest BCUT2D eigenvalue weighted by Crippen LogP contribution is 2.21. The van der Waals surface area contributed by atoms with Crippen LogP contribution in [0.3, 0.4) is 0 Å². The van der Waals surface area contributed by atoms with Crippen molar-refractivity contribution in [1.82, 2.24) is 9.97 Å². The third-order valence-corrected chi connectivity index (χ3v) is 4.05. The van der Waals surface area contributed by atoms with Crippen molar-refractivity contribution >= 4 is 23.3 Å². The van der Waals surface area contributed by atoms with Crippen LogP contribution in [0.15, 0.2) is 35.3 Å². The summed E-state index contributed by atoms with van der Waals surface area (Å²) in [5.74, 6) is 0.660. The van der Waals surface area contributed by atoms with Crippen molar-refractivity contribution in [2.45, 2.75) is 33.1 Å². The standard InChI is InChI=1S/C18H24N6/c1-13-12-14(2)21-18(20-13)23-17(19)22-15-6-8-16(9-7-15)24-10-4-3-5-11-24/h6-9,12H,3-5,10-11H2,1-2H3,(H3,19,20,21,22,23). The van der Waals surface area contributed by atoms with E-state index in [0.29, 0.717) is 5.95 Å². The second-order valence-corrected chi connectivity index (χ2v) is 6.17. The smallest absolute Gasteiger partial charge is 0.253 e. The highest BCUT2D eigenvalue weighted by Gasteiger charge is 2.10. The largest absolute Gasteiger partial charge is 0.372 e. The molecular formula is C18H24N6. The van der Waals surface area contributed by atoms with Gasteiger partial charge in [-0.1, -0.05) is 0 Å². The van der Waals surface area contributed by atoms with Gasteiger partial charge in [-0.3, -0.25) is 0 Å². The van der Waals surface area contributed by atoms with Gasteiger partial charge in [-0.2, -0.15) is 4.99 Å². The Hall–Kier alpha value is -2.63. The van der Waals surface area contributed by atoms with Gasteiger partial charge in [0, 0.05) is 35.9 Å². The number of piperidine rings is 1. The number of nitrogens with one attached hydrogen (secondary N) is 1. The number of anilines is 2. The first-order valence-corrected chi connectivity index (χ1v) is 8.39. The summed E-state index contributed by atoms with van der Waals surface area (Å²) in [6, 6.07) is 10.2. The number of nitrogens with two attached hydrogens (primary N) is 1. The van der Waals surface area contributed by atoms with Crippen LogP contribution < -0.4 is 16.0 Å². The summed E-state index contributed by atoms with van der Waals surface area (Å²) >= 11 is 0. The number of nitrogens with zero attached hydrogens (tertiary/aromatic N) is 4. The van der Waals surface area contributed by atoms with E-state index in [2.05, 4.69) is 37.3 Å². The summed E-state index contributed by atoms with van der Waals surface area (Å²) in [6.07, 6.45) is 3.88. The molecule has 3 N–H and O–H groups in total. The molecule has 6 heteroatoms. The Kier molecular flexibility index (Phi) is 4.93. The van der Waals surface area contributed by atoms with Crippen LogP contribution in [-0.4, -0.2) is 29.0 Å².